The number of aromatic nitrogens is 1. The smallest absolute Gasteiger partial charge is 0.351 e. The summed E-state index contributed by atoms with van der Waals surface area (Å²) in [5, 5.41) is 4.52. The lowest BCUT2D eigenvalue weighted by molar-refractivity contribution is -0.182. The summed E-state index contributed by atoms with van der Waals surface area (Å²) in [4.78, 5) is 14.8. The summed E-state index contributed by atoms with van der Waals surface area (Å²) < 4.78 is 37.6. The van der Waals surface area contributed by atoms with Gasteiger partial charge in [0.25, 0.3) is 0 Å². The second kappa shape index (κ2) is 5.36. The number of primary amides is 1. The van der Waals surface area contributed by atoms with Crippen molar-refractivity contribution in [1.29, 1.82) is 0 Å². The van der Waals surface area contributed by atoms with Crippen molar-refractivity contribution in [2.45, 2.75) is 37.8 Å². The molecule has 4 nitrogen and oxygen atoms in total. The number of nitrogens with zero attached hydrogens (tertiary/aromatic N) is 1. The first kappa shape index (κ1) is 14.1. The standard InChI is InChI=1S/C11H14F3N3OS/c12-11(13,14)7-3-1-6(2-4-7)8-5-19-10(16-8)17-9(15)18/h5-7H,1-4H2,(H3,15,16,17,18). The Kier molecular flexibility index (Phi) is 3.98. The third-order valence-electron chi connectivity index (χ3n) is 3.36. The van der Waals surface area contributed by atoms with Crippen LogP contribution in [0, 0.1) is 5.92 Å². The van der Waals surface area contributed by atoms with Crippen molar-refractivity contribution in [3.63, 3.8) is 0 Å². The number of halogens is 3. The van der Waals surface area contributed by atoms with Crippen LogP contribution < -0.4 is 11.1 Å². The molecule has 1 fully saturated rings. The largest absolute Gasteiger partial charge is 0.391 e. The first-order valence-electron chi connectivity index (χ1n) is 5.95. The number of nitrogens with two attached hydrogens (primary N) is 1. The van der Waals surface area contributed by atoms with E-state index in [1.807, 2.05) is 0 Å². The Morgan fingerprint density at radius 2 is 2.00 bits per heavy atom. The lowest BCUT2D eigenvalue weighted by Gasteiger charge is -2.28. The molecule has 0 aromatic carbocycles. The number of alkyl halides is 3. The van der Waals surface area contributed by atoms with Gasteiger partial charge in [-0.3, -0.25) is 5.32 Å². The third-order valence-corrected chi connectivity index (χ3v) is 4.14. The quantitative estimate of drug-likeness (QED) is 0.876. The molecule has 0 unspecified atom stereocenters. The summed E-state index contributed by atoms with van der Waals surface area (Å²) in [6.07, 6.45) is -2.85. The second-order valence-electron chi connectivity index (χ2n) is 4.66. The summed E-state index contributed by atoms with van der Waals surface area (Å²) in [6, 6.07) is -0.693. The SMILES string of the molecule is NC(=O)Nc1nc(C2CCC(C(F)(F)F)CC2)cs1. The second-order valence-corrected chi connectivity index (χ2v) is 5.52. The molecule has 0 atom stereocenters. The van der Waals surface area contributed by atoms with Crippen LogP contribution in [-0.2, 0) is 0 Å². The van der Waals surface area contributed by atoms with Gasteiger partial charge in [-0.15, -0.1) is 11.3 Å². The molecule has 8 heteroatoms. The fourth-order valence-electron chi connectivity index (χ4n) is 2.35. The number of rotatable bonds is 2. The van der Waals surface area contributed by atoms with E-state index < -0.39 is 18.1 Å². The van der Waals surface area contributed by atoms with Gasteiger partial charge in [0.15, 0.2) is 5.13 Å². The van der Waals surface area contributed by atoms with Crippen LogP contribution in [0.2, 0.25) is 0 Å². The zero-order valence-corrected chi connectivity index (χ0v) is 10.9. The van der Waals surface area contributed by atoms with E-state index in [1.165, 1.54) is 11.3 Å². The van der Waals surface area contributed by atoms with E-state index in [0.717, 1.165) is 5.69 Å². The van der Waals surface area contributed by atoms with Crippen molar-refractivity contribution >= 4 is 22.5 Å². The van der Waals surface area contributed by atoms with Gasteiger partial charge in [-0.25, -0.2) is 9.78 Å². The van der Waals surface area contributed by atoms with E-state index in [0.29, 0.717) is 18.0 Å². The maximum Gasteiger partial charge on any atom is 0.391 e. The summed E-state index contributed by atoms with van der Waals surface area (Å²) in [6.45, 7) is 0. The fourth-order valence-corrected chi connectivity index (χ4v) is 3.15. The summed E-state index contributed by atoms with van der Waals surface area (Å²) in [7, 11) is 0. The number of nitrogens with one attached hydrogen (secondary N) is 1. The molecular formula is C11H14F3N3OS. The van der Waals surface area contributed by atoms with E-state index in [4.69, 9.17) is 5.73 Å². The molecule has 1 heterocycles. The molecule has 0 spiro atoms. The highest BCUT2D eigenvalue weighted by Crippen LogP contribution is 2.43. The number of hydrogen-bond acceptors (Lipinski definition) is 3. The minimum absolute atomic E-state index is 0.0401. The molecule has 1 aromatic heterocycles. The van der Waals surface area contributed by atoms with Crippen molar-refractivity contribution in [3.8, 4) is 0 Å². The number of hydrogen-bond donors (Lipinski definition) is 2. The van der Waals surface area contributed by atoms with E-state index in [2.05, 4.69) is 10.3 Å². The van der Waals surface area contributed by atoms with Crippen molar-refractivity contribution < 1.29 is 18.0 Å². The van der Waals surface area contributed by atoms with Crippen LogP contribution in [0.4, 0.5) is 23.1 Å². The summed E-state index contributed by atoms with van der Waals surface area (Å²) in [5.74, 6) is -1.15. The number of carbonyl (C=O) groups excluding carboxylic acids is 1. The highest BCUT2D eigenvalue weighted by molar-refractivity contribution is 7.13. The van der Waals surface area contributed by atoms with E-state index in [-0.39, 0.29) is 18.8 Å². The minimum atomic E-state index is -4.09. The first-order valence-corrected chi connectivity index (χ1v) is 6.83. The van der Waals surface area contributed by atoms with Gasteiger partial charge in [0.05, 0.1) is 11.6 Å². The number of urea groups is 1. The average Bonchev–Trinajstić information content (AvgIpc) is 2.75. The van der Waals surface area contributed by atoms with Gasteiger partial charge in [-0.05, 0) is 25.7 Å². The Balaban J connectivity index is 1.94. The molecule has 0 radical (unpaired) electrons. The van der Waals surface area contributed by atoms with Gasteiger partial charge >= 0.3 is 12.2 Å². The molecule has 106 valence electrons. The van der Waals surface area contributed by atoms with Gasteiger partial charge < -0.3 is 5.73 Å². The molecular weight excluding hydrogens is 279 g/mol. The van der Waals surface area contributed by atoms with Crippen LogP contribution in [0.5, 0.6) is 0 Å². The molecule has 0 saturated heterocycles. The molecule has 1 aliphatic carbocycles. The molecule has 19 heavy (non-hydrogen) atoms. The Hall–Kier alpha value is -1.31. The van der Waals surface area contributed by atoms with E-state index in [9.17, 15) is 18.0 Å². The highest BCUT2D eigenvalue weighted by Gasteiger charge is 2.41. The number of amides is 2. The van der Waals surface area contributed by atoms with Crippen LogP contribution in [0.25, 0.3) is 0 Å². The molecule has 1 saturated carbocycles. The average molecular weight is 293 g/mol. The normalized spacial score (nSPS) is 24.2. The maximum absolute atomic E-state index is 12.5. The first-order chi connectivity index (χ1) is 8.86. The molecule has 2 amide bonds. The van der Waals surface area contributed by atoms with Crippen LogP contribution in [0.1, 0.15) is 37.3 Å². The predicted octanol–water partition coefficient (Wildman–Crippen LogP) is 3.47. The van der Waals surface area contributed by atoms with Crippen molar-refractivity contribution in [1.82, 2.24) is 4.98 Å². The lowest BCUT2D eigenvalue weighted by Crippen LogP contribution is -2.27. The number of carbonyl (C=O) groups is 1. The van der Waals surface area contributed by atoms with Gasteiger partial charge in [0, 0.05) is 11.3 Å². The molecule has 2 rings (SSSR count). The van der Waals surface area contributed by atoms with Gasteiger partial charge in [-0.1, -0.05) is 0 Å². The minimum Gasteiger partial charge on any atom is -0.351 e. The van der Waals surface area contributed by atoms with Crippen LogP contribution >= 0.6 is 11.3 Å². The molecule has 0 bridgehead atoms. The zero-order valence-electron chi connectivity index (χ0n) is 10.0. The molecule has 0 aliphatic heterocycles. The highest BCUT2D eigenvalue weighted by atomic mass is 32.1. The molecule has 1 aliphatic rings. The number of anilines is 1. The molecule has 1 aromatic rings. The topological polar surface area (TPSA) is 68.0 Å². The van der Waals surface area contributed by atoms with Crippen LogP contribution in [-0.4, -0.2) is 17.2 Å². The maximum atomic E-state index is 12.5. The monoisotopic (exact) mass is 293 g/mol. The fraction of sp³-hybridized carbons (Fsp3) is 0.636. The van der Waals surface area contributed by atoms with Gasteiger partial charge in [0.2, 0.25) is 0 Å². The Morgan fingerprint density at radius 3 is 2.53 bits per heavy atom. The Labute approximate surface area is 112 Å². The van der Waals surface area contributed by atoms with Gasteiger partial charge in [0.1, 0.15) is 0 Å². The van der Waals surface area contributed by atoms with Crippen LogP contribution in [0.3, 0.4) is 0 Å². The Bertz CT molecular complexity index is 452. The van der Waals surface area contributed by atoms with Crippen molar-refractivity contribution in [2.24, 2.45) is 11.7 Å². The molecule has 3 N–H and O–H groups in total. The zero-order chi connectivity index (χ0) is 14.0. The van der Waals surface area contributed by atoms with Crippen molar-refractivity contribution in [2.75, 3.05) is 5.32 Å². The summed E-state index contributed by atoms with van der Waals surface area (Å²) in [5.41, 5.74) is 5.71. The summed E-state index contributed by atoms with van der Waals surface area (Å²) >= 11 is 1.23. The predicted molar refractivity (Wildman–Crippen MR) is 66.1 cm³/mol. The number of thiazole rings is 1. The lowest BCUT2D eigenvalue weighted by atomic mass is 9.80. The third kappa shape index (κ3) is 3.59. The van der Waals surface area contributed by atoms with E-state index >= 15 is 0 Å². The van der Waals surface area contributed by atoms with E-state index in [1.54, 1.807) is 5.38 Å². The van der Waals surface area contributed by atoms with Crippen molar-refractivity contribution in [3.05, 3.63) is 11.1 Å². The van der Waals surface area contributed by atoms with Crippen LogP contribution in [0.15, 0.2) is 5.38 Å². The Morgan fingerprint density at radius 1 is 1.37 bits per heavy atom. The van der Waals surface area contributed by atoms with Gasteiger partial charge in [-0.2, -0.15) is 13.2 Å².